The van der Waals surface area contributed by atoms with Gasteiger partial charge < -0.3 is 9.47 Å². The van der Waals surface area contributed by atoms with E-state index in [1.54, 1.807) is 0 Å². The zero-order valence-electron chi connectivity index (χ0n) is 12.0. The van der Waals surface area contributed by atoms with Gasteiger partial charge in [0.05, 0.1) is 5.56 Å². The van der Waals surface area contributed by atoms with Crippen LogP contribution in [0.5, 0.6) is 0 Å². The summed E-state index contributed by atoms with van der Waals surface area (Å²) >= 11 is 0. The first-order chi connectivity index (χ1) is 10.8. The Labute approximate surface area is 129 Å². The summed E-state index contributed by atoms with van der Waals surface area (Å²) in [7, 11) is 0. The molecule has 2 aliphatic rings. The summed E-state index contributed by atoms with van der Waals surface area (Å²) in [5.74, 6) is -11.6. The van der Waals surface area contributed by atoms with Crippen molar-refractivity contribution < 1.29 is 31.8 Å². The Hall–Kier alpha value is -2.12. The van der Waals surface area contributed by atoms with Crippen molar-refractivity contribution in [3.8, 4) is 0 Å². The van der Waals surface area contributed by atoms with Crippen LogP contribution in [0.4, 0.5) is 17.6 Å². The largest absolute Gasteiger partial charge is 0.456 e. The second-order valence-corrected chi connectivity index (χ2v) is 5.63. The van der Waals surface area contributed by atoms with Crippen LogP contribution >= 0.6 is 0 Å². The van der Waals surface area contributed by atoms with Crippen molar-refractivity contribution in [3.63, 3.8) is 0 Å². The van der Waals surface area contributed by atoms with Crippen molar-refractivity contribution in [3.05, 3.63) is 41.4 Å². The van der Waals surface area contributed by atoms with Crippen LogP contribution in [0.15, 0.2) is 12.3 Å². The number of hydrogen-bond acceptors (Lipinski definition) is 4. The molecule has 0 aromatic carbocycles. The van der Waals surface area contributed by atoms with Crippen molar-refractivity contribution in [1.82, 2.24) is 4.98 Å². The van der Waals surface area contributed by atoms with Gasteiger partial charge in [-0.05, 0) is 12.8 Å². The van der Waals surface area contributed by atoms with Crippen LogP contribution in [0.3, 0.4) is 0 Å². The van der Waals surface area contributed by atoms with Crippen LogP contribution < -0.4 is 0 Å². The summed E-state index contributed by atoms with van der Waals surface area (Å²) in [5.41, 5.74) is -1.14. The molecule has 0 radical (unpaired) electrons. The van der Waals surface area contributed by atoms with Crippen molar-refractivity contribution in [2.75, 3.05) is 0 Å². The smallest absolute Gasteiger partial charge is 0.324 e. The zero-order valence-corrected chi connectivity index (χ0v) is 12.0. The van der Waals surface area contributed by atoms with Crippen molar-refractivity contribution in [2.45, 2.75) is 43.8 Å². The number of aromatic nitrogens is 1. The molecule has 3 rings (SSSR count). The molecule has 0 bridgehead atoms. The van der Waals surface area contributed by atoms with Crippen LogP contribution in [0.1, 0.15) is 43.6 Å². The average Bonchev–Trinajstić information content (AvgIpc) is 2.48. The maximum atomic E-state index is 13.9. The van der Waals surface area contributed by atoms with Gasteiger partial charge in [0.2, 0.25) is 0 Å². The maximum Gasteiger partial charge on any atom is 0.324 e. The third-order valence-corrected chi connectivity index (χ3v) is 4.10. The molecule has 4 nitrogen and oxygen atoms in total. The lowest BCUT2D eigenvalue weighted by molar-refractivity contribution is -0.248. The highest BCUT2D eigenvalue weighted by Gasteiger charge is 2.49. The van der Waals surface area contributed by atoms with E-state index >= 15 is 0 Å². The molecule has 1 aliphatic carbocycles. The second-order valence-electron chi connectivity index (χ2n) is 5.63. The standard InChI is InChI=1S/C15H13F4NO3/c1-7-8(9-10(16)12(18)20-13(19)11(9)17)14(21)23-15(22-7)5-3-2-4-6-15/h8H,1-6H2/t8-/m0/s1. The molecule has 0 unspecified atom stereocenters. The molecule has 1 spiro atoms. The van der Waals surface area contributed by atoms with E-state index in [0.717, 1.165) is 19.3 Å². The van der Waals surface area contributed by atoms with Gasteiger partial charge in [0, 0.05) is 12.8 Å². The normalized spacial score (nSPS) is 23.6. The number of rotatable bonds is 1. The number of nitrogens with zero attached hydrogens (tertiary/aromatic N) is 1. The Balaban J connectivity index is 2.00. The lowest BCUT2D eigenvalue weighted by atomic mass is 9.90. The lowest BCUT2D eigenvalue weighted by Crippen LogP contribution is -2.46. The minimum Gasteiger partial charge on any atom is -0.456 e. The van der Waals surface area contributed by atoms with E-state index in [2.05, 4.69) is 11.6 Å². The molecule has 1 aliphatic heterocycles. The number of hydrogen-bond donors (Lipinski definition) is 0. The fraction of sp³-hybridized carbons (Fsp3) is 0.467. The van der Waals surface area contributed by atoms with Crippen LogP contribution in [-0.2, 0) is 14.3 Å². The number of halogens is 4. The van der Waals surface area contributed by atoms with Gasteiger partial charge in [-0.25, -0.2) is 8.78 Å². The lowest BCUT2D eigenvalue weighted by Gasteiger charge is -2.42. The van der Waals surface area contributed by atoms with E-state index in [4.69, 9.17) is 9.47 Å². The van der Waals surface area contributed by atoms with Gasteiger partial charge in [-0.15, -0.1) is 0 Å². The van der Waals surface area contributed by atoms with Gasteiger partial charge in [-0.1, -0.05) is 13.0 Å². The summed E-state index contributed by atoms with van der Waals surface area (Å²) in [6.45, 7) is 3.49. The Morgan fingerprint density at radius 3 is 2.09 bits per heavy atom. The number of carbonyl (C=O) groups is 1. The quantitative estimate of drug-likeness (QED) is 0.449. The SMILES string of the molecule is C=C1OC2(CCCCC2)OC(=O)[C@@H]1c1c(F)c(F)nc(F)c1F. The Bertz CT molecular complexity index is 640. The summed E-state index contributed by atoms with van der Waals surface area (Å²) < 4.78 is 65.0. The Kier molecular flexibility index (Phi) is 3.77. The van der Waals surface area contributed by atoms with Gasteiger partial charge in [0.1, 0.15) is 11.7 Å². The van der Waals surface area contributed by atoms with Crippen molar-refractivity contribution >= 4 is 5.97 Å². The van der Waals surface area contributed by atoms with E-state index in [-0.39, 0.29) is 5.76 Å². The number of ether oxygens (including phenoxy) is 2. The summed E-state index contributed by atoms with van der Waals surface area (Å²) in [6, 6.07) is 0. The first-order valence-corrected chi connectivity index (χ1v) is 7.15. The molecular weight excluding hydrogens is 318 g/mol. The highest BCUT2D eigenvalue weighted by Crippen LogP contribution is 2.44. The third kappa shape index (κ3) is 2.55. The van der Waals surface area contributed by atoms with Crippen LogP contribution in [0, 0.1) is 23.5 Å². The average molecular weight is 331 g/mol. The Morgan fingerprint density at radius 2 is 1.57 bits per heavy atom. The fourth-order valence-electron chi connectivity index (χ4n) is 3.02. The number of esters is 1. The predicted octanol–water partition coefficient (Wildman–Crippen LogP) is 3.47. The molecule has 2 fully saturated rings. The minimum atomic E-state index is -1.85. The summed E-state index contributed by atoms with van der Waals surface area (Å²) in [5, 5.41) is 0. The number of carbonyl (C=O) groups excluding carboxylic acids is 1. The maximum absolute atomic E-state index is 13.9. The summed E-state index contributed by atoms with van der Waals surface area (Å²) in [4.78, 5) is 14.7. The first-order valence-electron chi connectivity index (χ1n) is 7.15. The topological polar surface area (TPSA) is 48.4 Å². The third-order valence-electron chi connectivity index (χ3n) is 4.10. The Morgan fingerprint density at radius 1 is 1.00 bits per heavy atom. The van der Waals surface area contributed by atoms with Gasteiger partial charge in [-0.2, -0.15) is 13.8 Å². The summed E-state index contributed by atoms with van der Waals surface area (Å²) in [6.07, 6.45) is 3.31. The molecule has 1 saturated carbocycles. The van der Waals surface area contributed by atoms with Crippen molar-refractivity contribution in [1.29, 1.82) is 0 Å². The zero-order chi connectivity index (χ0) is 16.8. The highest BCUT2D eigenvalue weighted by atomic mass is 19.2. The second kappa shape index (κ2) is 5.50. The molecule has 2 heterocycles. The number of pyridine rings is 1. The minimum absolute atomic E-state index is 0.300. The van der Waals surface area contributed by atoms with E-state index in [1.165, 1.54) is 0 Å². The van der Waals surface area contributed by atoms with E-state index < -0.39 is 46.8 Å². The van der Waals surface area contributed by atoms with Gasteiger partial charge >= 0.3 is 5.97 Å². The van der Waals surface area contributed by atoms with E-state index in [0.29, 0.717) is 12.8 Å². The fourth-order valence-corrected chi connectivity index (χ4v) is 3.02. The molecule has 1 atom stereocenters. The molecule has 8 heteroatoms. The van der Waals surface area contributed by atoms with Gasteiger partial charge in [0.25, 0.3) is 17.7 Å². The molecule has 0 N–H and O–H groups in total. The van der Waals surface area contributed by atoms with E-state index in [1.807, 2.05) is 0 Å². The first kappa shape index (κ1) is 15.8. The molecule has 0 amide bonds. The molecule has 1 saturated heterocycles. The van der Waals surface area contributed by atoms with Gasteiger partial charge in [-0.3, -0.25) is 4.79 Å². The molecule has 1 aromatic heterocycles. The van der Waals surface area contributed by atoms with Crippen LogP contribution in [-0.4, -0.2) is 16.7 Å². The molecule has 1 aromatic rings. The molecular formula is C15H13F4NO3. The van der Waals surface area contributed by atoms with Crippen molar-refractivity contribution in [2.24, 2.45) is 0 Å². The van der Waals surface area contributed by atoms with E-state index in [9.17, 15) is 22.4 Å². The monoisotopic (exact) mass is 331 g/mol. The molecule has 23 heavy (non-hydrogen) atoms. The molecule has 124 valence electrons. The predicted molar refractivity (Wildman–Crippen MR) is 68.9 cm³/mol. The van der Waals surface area contributed by atoms with Crippen LogP contribution in [0.2, 0.25) is 0 Å². The van der Waals surface area contributed by atoms with Gasteiger partial charge in [0.15, 0.2) is 11.6 Å². The highest BCUT2D eigenvalue weighted by molar-refractivity contribution is 5.82. The van der Waals surface area contributed by atoms with Crippen LogP contribution in [0.25, 0.3) is 0 Å².